The summed E-state index contributed by atoms with van der Waals surface area (Å²) in [5, 5.41) is 29.2. The van der Waals surface area contributed by atoms with Gasteiger partial charge >= 0.3 is 0 Å². The lowest BCUT2D eigenvalue weighted by Crippen LogP contribution is -2.53. The van der Waals surface area contributed by atoms with Gasteiger partial charge < -0.3 is 15.3 Å². The van der Waals surface area contributed by atoms with Crippen molar-refractivity contribution in [1.82, 2.24) is 30.7 Å². The fourth-order valence-electron chi connectivity index (χ4n) is 3.28. The number of hydrogen-bond acceptors (Lipinski definition) is 7. The molecule has 1 atom stereocenters. The number of piperazine rings is 1. The molecule has 1 aliphatic rings. The summed E-state index contributed by atoms with van der Waals surface area (Å²) in [6.45, 7) is 7.04. The minimum Gasteiger partial charge on any atom is -0.507 e. The van der Waals surface area contributed by atoms with Crippen molar-refractivity contribution in [3.63, 3.8) is 0 Å². The number of H-pyrrole nitrogens is 1. The van der Waals surface area contributed by atoms with Crippen LogP contribution in [0.1, 0.15) is 13.8 Å². The summed E-state index contributed by atoms with van der Waals surface area (Å²) in [6, 6.07) is 5.85. The second kappa shape index (κ2) is 7.32. The third kappa shape index (κ3) is 3.61. The number of aromatic nitrogens is 5. The minimum atomic E-state index is 0.139. The molecule has 4 rings (SSSR count). The molecule has 3 N–H and O–H groups in total. The number of nitrogens with zero attached hydrogens (tertiary/aromatic N) is 5. The van der Waals surface area contributed by atoms with Crippen molar-refractivity contribution in [3.8, 4) is 28.1 Å². The lowest BCUT2D eigenvalue weighted by Gasteiger charge is -2.35. The molecule has 3 heterocycles. The molecule has 1 saturated heterocycles. The fraction of sp³-hybridized carbons (Fsp3) is 0.368. The van der Waals surface area contributed by atoms with Crippen molar-refractivity contribution in [2.75, 3.05) is 24.5 Å². The normalized spacial score (nSPS) is 17.4. The van der Waals surface area contributed by atoms with Crippen LogP contribution in [0.25, 0.3) is 22.4 Å². The first-order valence-corrected chi connectivity index (χ1v) is 9.12. The Morgan fingerprint density at radius 2 is 2.07 bits per heavy atom. The van der Waals surface area contributed by atoms with Gasteiger partial charge in [0.25, 0.3) is 0 Å². The van der Waals surface area contributed by atoms with Gasteiger partial charge in [-0.25, -0.2) is 4.98 Å². The highest BCUT2D eigenvalue weighted by atomic mass is 16.3. The first-order chi connectivity index (χ1) is 13.1. The van der Waals surface area contributed by atoms with Crippen molar-refractivity contribution in [3.05, 3.63) is 36.8 Å². The minimum absolute atomic E-state index is 0.139. The molecule has 8 heteroatoms. The largest absolute Gasteiger partial charge is 0.507 e. The molecule has 0 amide bonds. The van der Waals surface area contributed by atoms with Crippen LogP contribution in [0.2, 0.25) is 0 Å². The first kappa shape index (κ1) is 17.4. The van der Waals surface area contributed by atoms with Crippen LogP contribution < -0.4 is 10.2 Å². The summed E-state index contributed by atoms with van der Waals surface area (Å²) in [5.41, 5.74) is 2.94. The number of anilines is 1. The monoisotopic (exact) mass is 365 g/mol. The summed E-state index contributed by atoms with van der Waals surface area (Å²) in [5.74, 6) is 1.31. The van der Waals surface area contributed by atoms with Gasteiger partial charge in [-0.1, -0.05) is 19.9 Å². The van der Waals surface area contributed by atoms with E-state index in [9.17, 15) is 5.11 Å². The molecular formula is C19H23N7O. The van der Waals surface area contributed by atoms with E-state index >= 15 is 0 Å². The van der Waals surface area contributed by atoms with Crippen LogP contribution in [-0.2, 0) is 0 Å². The van der Waals surface area contributed by atoms with Crippen LogP contribution in [0, 0.1) is 5.92 Å². The van der Waals surface area contributed by atoms with Crippen LogP contribution >= 0.6 is 0 Å². The van der Waals surface area contributed by atoms with Crippen molar-refractivity contribution < 1.29 is 5.11 Å². The van der Waals surface area contributed by atoms with E-state index in [1.807, 2.05) is 12.1 Å². The molecule has 0 bridgehead atoms. The third-order valence-electron chi connectivity index (χ3n) is 4.95. The Hall–Kier alpha value is -3.00. The Bertz CT molecular complexity index is 893. The highest BCUT2D eigenvalue weighted by Crippen LogP contribution is 2.31. The van der Waals surface area contributed by atoms with E-state index in [1.165, 1.54) is 0 Å². The molecule has 0 saturated carbocycles. The molecule has 1 aliphatic heterocycles. The van der Waals surface area contributed by atoms with Crippen molar-refractivity contribution >= 4 is 5.95 Å². The first-order valence-electron chi connectivity index (χ1n) is 9.12. The van der Waals surface area contributed by atoms with Crippen LogP contribution in [-0.4, -0.2) is 56.2 Å². The van der Waals surface area contributed by atoms with Gasteiger partial charge in [0.15, 0.2) is 0 Å². The van der Waals surface area contributed by atoms with Gasteiger partial charge in [0.1, 0.15) is 11.4 Å². The zero-order chi connectivity index (χ0) is 18.8. The molecule has 1 unspecified atom stereocenters. The van der Waals surface area contributed by atoms with Crippen LogP contribution in [0.15, 0.2) is 36.8 Å². The van der Waals surface area contributed by atoms with Crippen LogP contribution in [0.3, 0.4) is 0 Å². The number of hydrogen-bond donors (Lipinski definition) is 3. The zero-order valence-corrected chi connectivity index (χ0v) is 15.4. The molecular weight excluding hydrogens is 342 g/mol. The Labute approximate surface area is 157 Å². The average molecular weight is 365 g/mol. The number of phenolic OH excluding ortho intramolecular Hbond substituents is 1. The third-order valence-corrected chi connectivity index (χ3v) is 4.95. The summed E-state index contributed by atoms with van der Waals surface area (Å²) in [7, 11) is 0. The highest BCUT2D eigenvalue weighted by molar-refractivity contribution is 5.73. The van der Waals surface area contributed by atoms with Gasteiger partial charge in [0.05, 0.1) is 12.4 Å². The number of phenols is 1. The number of aromatic amines is 1. The maximum atomic E-state index is 10.4. The van der Waals surface area contributed by atoms with E-state index < -0.39 is 0 Å². The van der Waals surface area contributed by atoms with Crippen molar-refractivity contribution in [1.29, 1.82) is 0 Å². The molecule has 1 fully saturated rings. The van der Waals surface area contributed by atoms with Gasteiger partial charge in [-0.3, -0.25) is 5.10 Å². The molecule has 8 nitrogen and oxygen atoms in total. The molecule has 27 heavy (non-hydrogen) atoms. The van der Waals surface area contributed by atoms with E-state index in [0.717, 1.165) is 30.8 Å². The molecule has 0 radical (unpaired) electrons. The molecule has 2 aromatic heterocycles. The number of benzene rings is 1. The second-order valence-corrected chi connectivity index (χ2v) is 7.11. The van der Waals surface area contributed by atoms with Crippen LogP contribution in [0.5, 0.6) is 5.75 Å². The quantitative estimate of drug-likeness (QED) is 0.650. The molecule has 0 aliphatic carbocycles. The van der Waals surface area contributed by atoms with Gasteiger partial charge in [-0.15, -0.1) is 10.2 Å². The van der Waals surface area contributed by atoms with Gasteiger partial charge in [-0.05, 0) is 23.6 Å². The molecule has 140 valence electrons. The number of aromatic hydroxyl groups is 1. The van der Waals surface area contributed by atoms with Crippen molar-refractivity contribution in [2.24, 2.45) is 5.92 Å². The van der Waals surface area contributed by atoms with E-state index in [1.54, 1.807) is 24.7 Å². The lowest BCUT2D eigenvalue weighted by atomic mass is 10.0. The van der Waals surface area contributed by atoms with Crippen LogP contribution in [0.4, 0.5) is 5.95 Å². The zero-order valence-electron chi connectivity index (χ0n) is 15.4. The lowest BCUT2D eigenvalue weighted by molar-refractivity contribution is 0.365. The maximum absolute atomic E-state index is 10.4. The Morgan fingerprint density at radius 3 is 2.74 bits per heavy atom. The SMILES string of the molecule is CC(C)C1CN(c2ncc(-c3ccc(-c4cn[nH]c4)cc3O)nn2)CCN1. The Kier molecular flexibility index (Phi) is 4.72. The summed E-state index contributed by atoms with van der Waals surface area (Å²) in [4.78, 5) is 6.64. The van der Waals surface area contributed by atoms with Crippen molar-refractivity contribution in [2.45, 2.75) is 19.9 Å². The molecule has 3 aromatic rings. The molecule has 1 aromatic carbocycles. The predicted octanol–water partition coefficient (Wildman–Crippen LogP) is 2.07. The number of nitrogens with one attached hydrogen (secondary N) is 2. The topological polar surface area (TPSA) is 103 Å². The van der Waals surface area contributed by atoms with Gasteiger partial charge in [0, 0.05) is 43.0 Å². The van der Waals surface area contributed by atoms with E-state index in [0.29, 0.717) is 29.2 Å². The second-order valence-electron chi connectivity index (χ2n) is 7.11. The highest BCUT2D eigenvalue weighted by Gasteiger charge is 2.23. The average Bonchev–Trinajstić information content (AvgIpc) is 3.23. The predicted molar refractivity (Wildman–Crippen MR) is 103 cm³/mol. The Balaban J connectivity index is 1.54. The van der Waals surface area contributed by atoms with E-state index in [4.69, 9.17) is 0 Å². The fourth-order valence-corrected chi connectivity index (χ4v) is 3.28. The van der Waals surface area contributed by atoms with E-state index in [-0.39, 0.29) is 5.75 Å². The van der Waals surface area contributed by atoms with Gasteiger partial charge in [0.2, 0.25) is 5.95 Å². The standard InChI is InChI=1S/C19H23N7O/c1-12(2)17-11-26(6-5-20-17)19-21-10-16(24-25-19)15-4-3-13(7-18(15)27)14-8-22-23-9-14/h3-4,7-10,12,17,20,27H,5-6,11H2,1-2H3,(H,22,23). The summed E-state index contributed by atoms with van der Waals surface area (Å²) >= 11 is 0. The molecule has 0 spiro atoms. The van der Waals surface area contributed by atoms with E-state index in [2.05, 4.69) is 49.4 Å². The summed E-state index contributed by atoms with van der Waals surface area (Å²) < 4.78 is 0. The smallest absolute Gasteiger partial charge is 0.245 e. The van der Waals surface area contributed by atoms with Gasteiger partial charge in [-0.2, -0.15) is 5.10 Å². The maximum Gasteiger partial charge on any atom is 0.245 e. The Morgan fingerprint density at radius 1 is 1.19 bits per heavy atom. The number of rotatable bonds is 4. The summed E-state index contributed by atoms with van der Waals surface area (Å²) in [6.07, 6.45) is 5.16.